The first-order valence-electron chi connectivity index (χ1n) is 5.78. The van der Waals surface area contributed by atoms with Gasteiger partial charge in [0.05, 0.1) is 5.92 Å². The van der Waals surface area contributed by atoms with Crippen LogP contribution in [0.15, 0.2) is 24.3 Å². The monoisotopic (exact) mass is 255 g/mol. The molecule has 17 heavy (non-hydrogen) atoms. The number of carboxylic acid groups (broad SMARTS) is 1. The summed E-state index contributed by atoms with van der Waals surface area (Å²) in [6, 6.07) is 7.52. The Hall–Kier alpha value is -1.22. The van der Waals surface area contributed by atoms with Crippen LogP contribution in [0, 0.1) is 5.92 Å². The van der Waals surface area contributed by atoms with E-state index in [1.54, 1.807) is 6.92 Å². The first-order chi connectivity index (χ1) is 8.04. The molecule has 0 radical (unpaired) electrons. The molecule has 1 atom stereocenters. The van der Waals surface area contributed by atoms with Crippen LogP contribution in [0.3, 0.4) is 0 Å². The first-order valence-corrected chi connectivity index (χ1v) is 6.15. The fraction of sp³-hybridized carbons (Fsp3) is 0.462. The largest absolute Gasteiger partial charge is 0.481 e. The molecule has 0 aliphatic heterocycles. The molecule has 1 N–H and O–H groups in total. The van der Waals surface area contributed by atoms with Crippen LogP contribution in [0.25, 0.3) is 0 Å². The summed E-state index contributed by atoms with van der Waals surface area (Å²) in [4.78, 5) is 12.9. The summed E-state index contributed by atoms with van der Waals surface area (Å²) in [6.45, 7) is 5.12. The number of aliphatic carboxylic acids is 1. The van der Waals surface area contributed by atoms with Crippen molar-refractivity contribution < 1.29 is 9.90 Å². The fourth-order valence-corrected chi connectivity index (χ4v) is 1.86. The van der Waals surface area contributed by atoms with Crippen LogP contribution in [0.1, 0.15) is 20.3 Å². The lowest BCUT2D eigenvalue weighted by Crippen LogP contribution is -2.32. The van der Waals surface area contributed by atoms with E-state index in [1.165, 1.54) is 0 Å². The zero-order valence-electron chi connectivity index (χ0n) is 10.2. The molecule has 1 unspecified atom stereocenters. The van der Waals surface area contributed by atoms with Crippen molar-refractivity contribution in [3.05, 3.63) is 29.3 Å². The molecule has 1 aromatic carbocycles. The highest BCUT2D eigenvalue weighted by molar-refractivity contribution is 6.30. The van der Waals surface area contributed by atoms with E-state index in [0.717, 1.165) is 18.7 Å². The predicted octanol–water partition coefficient (Wildman–Crippen LogP) is 3.28. The van der Waals surface area contributed by atoms with Gasteiger partial charge in [-0.05, 0) is 24.6 Å². The Bertz CT molecular complexity index is 381. The Balaban J connectivity index is 2.81. The van der Waals surface area contributed by atoms with Gasteiger partial charge in [0.15, 0.2) is 0 Å². The Labute approximate surface area is 107 Å². The average molecular weight is 256 g/mol. The Morgan fingerprint density at radius 3 is 2.76 bits per heavy atom. The van der Waals surface area contributed by atoms with E-state index >= 15 is 0 Å². The molecule has 4 heteroatoms. The van der Waals surface area contributed by atoms with Gasteiger partial charge in [-0.1, -0.05) is 31.5 Å². The highest BCUT2D eigenvalue weighted by Gasteiger charge is 2.16. The molecule has 1 rings (SSSR count). The van der Waals surface area contributed by atoms with E-state index in [4.69, 9.17) is 16.7 Å². The van der Waals surface area contributed by atoms with Gasteiger partial charge in [0.2, 0.25) is 0 Å². The van der Waals surface area contributed by atoms with Crippen LogP contribution in [-0.4, -0.2) is 24.2 Å². The normalized spacial score (nSPS) is 12.2. The van der Waals surface area contributed by atoms with Crippen LogP contribution in [0.5, 0.6) is 0 Å². The Morgan fingerprint density at radius 1 is 1.53 bits per heavy atom. The lowest BCUT2D eigenvalue weighted by Gasteiger charge is -2.26. The highest BCUT2D eigenvalue weighted by Crippen LogP contribution is 2.20. The molecule has 3 nitrogen and oxygen atoms in total. The quantitative estimate of drug-likeness (QED) is 0.848. The smallest absolute Gasteiger partial charge is 0.308 e. The number of halogens is 1. The van der Waals surface area contributed by atoms with Gasteiger partial charge in [-0.3, -0.25) is 4.79 Å². The maximum absolute atomic E-state index is 10.9. The van der Waals surface area contributed by atoms with Gasteiger partial charge in [0.1, 0.15) is 0 Å². The van der Waals surface area contributed by atoms with E-state index in [9.17, 15) is 4.79 Å². The minimum atomic E-state index is -0.770. The number of anilines is 1. The van der Waals surface area contributed by atoms with Crippen LogP contribution >= 0.6 is 11.6 Å². The molecule has 0 aromatic heterocycles. The summed E-state index contributed by atoms with van der Waals surface area (Å²) < 4.78 is 0. The maximum atomic E-state index is 10.9. The second-order valence-corrected chi connectivity index (χ2v) is 4.60. The molecule has 0 amide bonds. The van der Waals surface area contributed by atoms with E-state index in [2.05, 4.69) is 11.8 Å². The fourth-order valence-electron chi connectivity index (χ4n) is 1.68. The topological polar surface area (TPSA) is 40.5 Å². The van der Waals surface area contributed by atoms with Crippen LogP contribution < -0.4 is 4.90 Å². The molecule has 0 aliphatic rings. The third-order valence-corrected chi connectivity index (χ3v) is 2.82. The summed E-state index contributed by atoms with van der Waals surface area (Å²) >= 11 is 5.95. The number of carboxylic acids is 1. The van der Waals surface area contributed by atoms with Gasteiger partial charge in [-0.15, -0.1) is 0 Å². The molecule has 1 aromatic rings. The predicted molar refractivity (Wildman–Crippen MR) is 70.8 cm³/mol. The Morgan fingerprint density at radius 2 is 2.24 bits per heavy atom. The summed E-state index contributed by atoms with van der Waals surface area (Å²) in [5.41, 5.74) is 0.979. The number of carbonyl (C=O) groups is 1. The minimum Gasteiger partial charge on any atom is -0.481 e. The van der Waals surface area contributed by atoms with Crippen molar-refractivity contribution >= 4 is 23.3 Å². The van der Waals surface area contributed by atoms with E-state index in [0.29, 0.717) is 11.6 Å². The molecule has 0 heterocycles. The van der Waals surface area contributed by atoms with Crippen molar-refractivity contribution in [3.63, 3.8) is 0 Å². The van der Waals surface area contributed by atoms with Gasteiger partial charge in [0.25, 0.3) is 0 Å². The molecule has 0 saturated heterocycles. The molecule has 0 spiro atoms. The van der Waals surface area contributed by atoms with E-state index in [1.807, 2.05) is 24.3 Å². The van der Waals surface area contributed by atoms with E-state index < -0.39 is 5.97 Å². The molecule has 0 saturated carbocycles. The lowest BCUT2D eigenvalue weighted by molar-refractivity contribution is -0.140. The first kappa shape index (κ1) is 13.8. The van der Waals surface area contributed by atoms with Crippen molar-refractivity contribution in [1.29, 1.82) is 0 Å². The van der Waals surface area contributed by atoms with Crippen LogP contribution in [0.4, 0.5) is 5.69 Å². The average Bonchev–Trinajstić information content (AvgIpc) is 2.28. The zero-order valence-corrected chi connectivity index (χ0v) is 10.9. The number of nitrogens with zero attached hydrogens (tertiary/aromatic N) is 1. The van der Waals surface area contributed by atoms with Gasteiger partial charge in [-0.2, -0.15) is 0 Å². The maximum Gasteiger partial charge on any atom is 0.308 e. The number of benzene rings is 1. The number of hydrogen-bond donors (Lipinski definition) is 1. The molecule has 0 fully saturated rings. The van der Waals surface area contributed by atoms with Gasteiger partial charge >= 0.3 is 5.97 Å². The third-order valence-electron chi connectivity index (χ3n) is 2.58. The van der Waals surface area contributed by atoms with Crippen molar-refractivity contribution in [3.8, 4) is 0 Å². The van der Waals surface area contributed by atoms with Crippen LogP contribution in [0.2, 0.25) is 5.02 Å². The highest BCUT2D eigenvalue weighted by atomic mass is 35.5. The summed E-state index contributed by atoms with van der Waals surface area (Å²) in [6.07, 6.45) is 0.971. The Kier molecular flexibility index (Phi) is 5.29. The summed E-state index contributed by atoms with van der Waals surface area (Å²) in [5.74, 6) is -1.16. The molecule has 94 valence electrons. The van der Waals surface area contributed by atoms with Crippen molar-refractivity contribution in [1.82, 2.24) is 0 Å². The molecular formula is C13H18ClNO2. The number of hydrogen-bond acceptors (Lipinski definition) is 2. The zero-order chi connectivity index (χ0) is 12.8. The van der Waals surface area contributed by atoms with Crippen molar-refractivity contribution in [2.45, 2.75) is 20.3 Å². The standard InChI is InChI=1S/C13H18ClNO2/c1-3-7-15(9-10(2)13(16)17)12-6-4-5-11(14)8-12/h4-6,8,10H,3,7,9H2,1-2H3,(H,16,17). The second-order valence-electron chi connectivity index (χ2n) is 4.17. The second kappa shape index (κ2) is 6.50. The van der Waals surface area contributed by atoms with Gasteiger partial charge < -0.3 is 10.0 Å². The minimum absolute atomic E-state index is 0.388. The van der Waals surface area contributed by atoms with Gasteiger partial charge in [-0.25, -0.2) is 0 Å². The lowest BCUT2D eigenvalue weighted by atomic mass is 10.1. The molecule has 0 aliphatic carbocycles. The summed E-state index contributed by atoms with van der Waals surface area (Å²) in [5, 5.41) is 9.62. The third kappa shape index (κ3) is 4.27. The summed E-state index contributed by atoms with van der Waals surface area (Å²) in [7, 11) is 0. The molecular weight excluding hydrogens is 238 g/mol. The van der Waals surface area contributed by atoms with Gasteiger partial charge in [0, 0.05) is 23.8 Å². The number of rotatable bonds is 6. The van der Waals surface area contributed by atoms with Crippen molar-refractivity contribution in [2.24, 2.45) is 5.92 Å². The van der Waals surface area contributed by atoms with Crippen LogP contribution in [-0.2, 0) is 4.79 Å². The van der Waals surface area contributed by atoms with Crippen molar-refractivity contribution in [2.75, 3.05) is 18.0 Å². The molecule has 0 bridgehead atoms. The SMILES string of the molecule is CCCN(CC(C)C(=O)O)c1cccc(Cl)c1. The van der Waals surface area contributed by atoms with E-state index in [-0.39, 0.29) is 5.92 Å².